The summed E-state index contributed by atoms with van der Waals surface area (Å²) in [5.74, 6) is -1.58. The number of aliphatic hydroxyl groups is 2. The molecule has 0 aromatic heterocycles. The number of ether oxygens (including phenoxy) is 3. The van der Waals surface area contributed by atoms with E-state index in [0.29, 0.717) is 19.3 Å². The van der Waals surface area contributed by atoms with Crippen LogP contribution >= 0.6 is 15.6 Å². The van der Waals surface area contributed by atoms with Gasteiger partial charge in [-0.05, 0) is 135 Å². The number of carbonyl (C=O) groups excluding carboxylic acids is 3. The van der Waals surface area contributed by atoms with Gasteiger partial charge in [-0.3, -0.25) is 32.5 Å². The zero-order chi connectivity index (χ0) is 76.6. The number of unbranched alkanes of at least 4 members (excludes halogenated alkanes) is 39. The van der Waals surface area contributed by atoms with Crippen molar-refractivity contribution in [3.8, 4) is 0 Å². The van der Waals surface area contributed by atoms with Crippen molar-refractivity contribution in [2.75, 3.05) is 39.6 Å². The highest BCUT2D eigenvalue weighted by molar-refractivity contribution is 7.47. The van der Waals surface area contributed by atoms with E-state index in [-0.39, 0.29) is 19.3 Å². The Hall–Kier alpha value is -3.79. The van der Waals surface area contributed by atoms with Crippen molar-refractivity contribution < 1.29 is 75.8 Å². The minimum absolute atomic E-state index is 0.0922. The molecule has 0 saturated heterocycles. The largest absolute Gasteiger partial charge is 0.472 e. The van der Waals surface area contributed by atoms with E-state index in [1.54, 1.807) is 0 Å². The maximum atomic E-state index is 13.0. The molecule has 0 saturated carbocycles. The first-order valence-corrected chi connectivity index (χ1v) is 45.2. The molecular formula is C87H154O16P2. The quantitative estimate of drug-likeness (QED) is 0.0146. The van der Waals surface area contributed by atoms with Crippen LogP contribution in [0.1, 0.15) is 367 Å². The highest BCUT2D eigenvalue weighted by atomic mass is 31.2. The van der Waals surface area contributed by atoms with Crippen molar-refractivity contribution in [2.24, 2.45) is 0 Å². The summed E-state index contributed by atoms with van der Waals surface area (Å²) in [6.45, 7) is 2.64. The van der Waals surface area contributed by atoms with Crippen molar-refractivity contribution in [1.82, 2.24) is 0 Å². The van der Waals surface area contributed by atoms with Crippen LogP contribution in [0.5, 0.6) is 0 Å². The van der Waals surface area contributed by atoms with Gasteiger partial charge in [-0.25, -0.2) is 9.13 Å². The fraction of sp³-hybridized carbons (Fsp3) is 0.759. The van der Waals surface area contributed by atoms with Crippen LogP contribution in [0.15, 0.2) is 109 Å². The predicted octanol–water partition coefficient (Wildman–Crippen LogP) is 25.1. The first kappa shape index (κ1) is 101. The van der Waals surface area contributed by atoms with Crippen LogP contribution in [0.4, 0.5) is 0 Å². The van der Waals surface area contributed by atoms with Gasteiger partial charge < -0.3 is 34.2 Å². The van der Waals surface area contributed by atoms with Crippen LogP contribution in [0.25, 0.3) is 0 Å². The lowest BCUT2D eigenvalue weighted by Gasteiger charge is -2.21. The second kappa shape index (κ2) is 79.8. The van der Waals surface area contributed by atoms with Gasteiger partial charge in [-0.15, -0.1) is 0 Å². The molecule has 105 heavy (non-hydrogen) atoms. The van der Waals surface area contributed by atoms with Crippen LogP contribution in [-0.4, -0.2) is 95.9 Å². The lowest BCUT2D eigenvalue weighted by molar-refractivity contribution is -0.161. The van der Waals surface area contributed by atoms with E-state index < -0.39 is 91.5 Å². The van der Waals surface area contributed by atoms with Gasteiger partial charge in [0.05, 0.1) is 26.4 Å². The number of esters is 3. The molecule has 0 heterocycles. The first-order chi connectivity index (χ1) is 51.2. The molecular weight excluding hydrogens is 1360 g/mol. The summed E-state index contributed by atoms with van der Waals surface area (Å²) < 4.78 is 61.2. The first-order valence-electron chi connectivity index (χ1n) is 42.2. The van der Waals surface area contributed by atoms with Crippen molar-refractivity contribution in [1.29, 1.82) is 0 Å². The van der Waals surface area contributed by atoms with Crippen LogP contribution in [-0.2, 0) is 55.8 Å². The lowest BCUT2D eigenvalue weighted by Crippen LogP contribution is -2.30. The Kier molecular flexibility index (Phi) is 76.9. The summed E-state index contributed by atoms with van der Waals surface area (Å²) in [7, 11) is -9.79. The molecule has 5 unspecified atom stereocenters. The molecule has 0 aromatic rings. The van der Waals surface area contributed by atoms with Crippen molar-refractivity contribution in [3.63, 3.8) is 0 Å². The molecule has 0 aliphatic carbocycles. The second-order valence-electron chi connectivity index (χ2n) is 28.3. The summed E-state index contributed by atoms with van der Waals surface area (Å²) in [6.07, 6.45) is 94.2. The number of rotatable bonds is 80. The highest BCUT2D eigenvalue weighted by Crippen LogP contribution is 2.45. The fourth-order valence-electron chi connectivity index (χ4n) is 11.5. The Labute approximate surface area is 640 Å². The Morgan fingerprint density at radius 2 is 0.476 bits per heavy atom. The van der Waals surface area contributed by atoms with Crippen molar-refractivity contribution >= 4 is 33.6 Å². The number of aliphatic hydroxyl groups excluding tert-OH is 2. The Morgan fingerprint density at radius 3 is 0.781 bits per heavy atom. The zero-order valence-corrected chi connectivity index (χ0v) is 68.4. The van der Waals surface area contributed by atoms with E-state index in [1.807, 2.05) is 0 Å². The summed E-state index contributed by atoms with van der Waals surface area (Å²) in [5.41, 5.74) is 0. The Morgan fingerprint density at radius 1 is 0.267 bits per heavy atom. The SMILES string of the molecule is CCCCC/C=C\C/C=C\C/C=C\C/C=C\CCCCCCCCCCCCCCCCCC(=O)OCC(O)COP(=O)(O)OCC(O)COP(=O)(O)OCC(COC(=O)CCCCCCCCC/C=C\C/C=C\C/C=C\C/C=C\CCCCC)OC(=O)CCCCCCC/C=C\CCCCCCCC. The molecule has 0 bridgehead atoms. The minimum atomic E-state index is -4.94. The van der Waals surface area contributed by atoms with Gasteiger partial charge >= 0.3 is 33.6 Å². The number of carbonyl (C=O) groups is 3. The normalized spacial score (nSPS) is 14.5. The smallest absolute Gasteiger partial charge is 0.463 e. The molecule has 5 atom stereocenters. The molecule has 0 radical (unpaired) electrons. The highest BCUT2D eigenvalue weighted by Gasteiger charge is 2.29. The molecule has 0 rings (SSSR count). The van der Waals surface area contributed by atoms with E-state index in [4.69, 9.17) is 32.3 Å². The monoisotopic (exact) mass is 1520 g/mol. The van der Waals surface area contributed by atoms with Crippen molar-refractivity contribution in [2.45, 2.75) is 386 Å². The molecule has 0 fully saturated rings. The third-order valence-corrected chi connectivity index (χ3v) is 19.8. The molecule has 0 aliphatic heterocycles. The molecule has 4 N–H and O–H groups in total. The van der Waals surface area contributed by atoms with E-state index >= 15 is 0 Å². The molecule has 0 amide bonds. The van der Waals surface area contributed by atoms with E-state index in [1.165, 1.54) is 167 Å². The molecule has 0 aromatic carbocycles. The molecule has 18 heteroatoms. The zero-order valence-electron chi connectivity index (χ0n) is 66.6. The third-order valence-electron chi connectivity index (χ3n) is 17.9. The molecule has 0 aliphatic rings. The average Bonchev–Trinajstić information content (AvgIpc) is 0.965. The van der Waals surface area contributed by atoms with Gasteiger partial charge in [0.2, 0.25) is 0 Å². The predicted molar refractivity (Wildman–Crippen MR) is 436 cm³/mol. The van der Waals surface area contributed by atoms with E-state index in [0.717, 1.165) is 141 Å². The number of allylic oxidation sites excluding steroid dienone is 18. The number of hydrogen-bond acceptors (Lipinski definition) is 14. The van der Waals surface area contributed by atoms with Crippen LogP contribution < -0.4 is 0 Å². The van der Waals surface area contributed by atoms with Crippen molar-refractivity contribution in [3.05, 3.63) is 109 Å². The maximum absolute atomic E-state index is 13.0. The van der Waals surface area contributed by atoms with Gasteiger partial charge in [-0.1, -0.05) is 323 Å². The van der Waals surface area contributed by atoms with Crippen LogP contribution in [0.3, 0.4) is 0 Å². The summed E-state index contributed by atoms with van der Waals surface area (Å²) >= 11 is 0. The summed E-state index contributed by atoms with van der Waals surface area (Å²) in [5, 5.41) is 20.7. The van der Waals surface area contributed by atoms with Crippen LogP contribution in [0, 0.1) is 0 Å². The molecule has 608 valence electrons. The van der Waals surface area contributed by atoms with E-state index in [9.17, 15) is 43.5 Å². The summed E-state index contributed by atoms with van der Waals surface area (Å²) in [6, 6.07) is 0. The third kappa shape index (κ3) is 81.0. The van der Waals surface area contributed by atoms with E-state index in [2.05, 4.69) is 130 Å². The standard InChI is InChI=1S/C87H154O16P2/c1-4-7-10-13-16-19-22-25-28-30-32-34-36-37-38-39-40-41-42-43-45-47-48-50-53-55-58-61-64-67-70-73-85(90)97-76-82(88)77-99-104(93,94)100-78-83(89)79-101-105(95,96)102-81-84(103-87(92)75-72-69-66-63-60-57-52-27-24-21-18-15-12-9-6-3)80-98-86(91)74-71-68-65-62-59-56-54-51-49-46-44-35-33-31-29-26-23-20-17-14-11-8-5-2/h16-17,19-20,25-29,32-35,37-38,46,49,52,82-84,88-89H,4-15,18,21-24,30-31,36,39-45,47-48,50-51,53-81H2,1-3H3,(H,93,94)(H,95,96)/b19-16-,20-17-,28-25-,29-26-,34-32-,35-33-,38-37-,49-46-,52-27-. The number of phosphoric ester groups is 2. The van der Waals surface area contributed by atoms with Gasteiger partial charge in [0.1, 0.15) is 25.4 Å². The average molecular weight is 1520 g/mol. The maximum Gasteiger partial charge on any atom is 0.472 e. The Bertz CT molecular complexity index is 2340. The number of phosphoric acid groups is 2. The Balaban J connectivity index is 4.49. The second-order valence-corrected chi connectivity index (χ2v) is 31.2. The summed E-state index contributed by atoms with van der Waals surface area (Å²) in [4.78, 5) is 58.7. The van der Waals surface area contributed by atoms with Gasteiger partial charge in [0.25, 0.3) is 0 Å². The van der Waals surface area contributed by atoms with Gasteiger partial charge in [0, 0.05) is 19.3 Å². The lowest BCUT2D eigenvalue weighted by atomic mass is 10.0. The fourth-order valence-corrected chi connectivity index (χ4v) is 13.1. The molecule has 0 spiro atoms. The molecule has 16 nitrogen and oxygen atoms in total. The van der Waals surface area contributed by atoms with Gasteiger partial charge in [0.15, 0.2) is 6.10 Å². The topological polar surface area (TPSA) is 231 Å². The van der Waals surface area contributed by atoms with Crippen LogP contribution in [0.2, 0.25) is 0 Å². The minimum Gasteiger partial charge on any atom is -0.463 e. The number of hydrogen-bond donors (Lipinski definition) is 4. The van der Waals surface area contributed by atoms with Gasteiger partial charge in [-0.2, -0.15) is 0 Å².